The molecule has 12 nitrogen and oxygen atoms in total. The van der Waals surface area contributed by atoms with Crippen LogP contribution in [0.3, 0.4) is 0 Å². The minimum atomic E-state index is -1.82. The molecule has 0 aromatic rings. The van der Waals surface area contributed by atoms with Crippen LogP contribution >= 0.6 is 0 Å². The summed E-state index contributed by atoms with van der Waals surface area (Å²) in [5.41, 5.74) is -0.762. The van der Waals surface area contributed by atoms with Crippen molar-refractivity contribution in [1.29, 1.82) is 0 Å². The predicted octanol–water partition coefficient (Wildman–Crippen LogP) is -3.12. The van der Waals surface area contributed by atoms with E-state index in [9.17, 15) is 44.7 Å². The largest absolute Gasteiger partial charge is 0.457 e. The number of aliphatic hydroxyl groups excluding tert-OH is 5. The second-order valence-electron chi connectivity index (χ2n) is 8.69. The zero-order chi connectivity index (χ0) is 23.8. The molecule has 3 amide bonds. The van der Waals surface area contributed by atoms with Gasteiger partial charge in [0.2, 0.25) is 17.7 Å². The summed E-state index contributed by atoms with van der Waals surface area (Å²) in [6.45, 7) is 2.62. The van der Waals surface area contributed by atoms with Crippen molar-refractivity contribution in [2.24, 2.45) is 5.41 Å². The van der Waals surface area contributed by atoms with E-state index in [0.717, 1.165) is 0 Å². The molecular formula is C20H30N2O10. The van der Waals surface area contributed by atoms with Gasteiger partial charge in [0.1, 0.15) is 30.5 Å². The van der Waals surface area contributed by atoms with E-state index in [1.165, 1.54) is 9.80 Å². The molecule has 2 aliphatic heterocycles. The fraction of sp³-hybridized carbons (Fsp3) is 0.800. The monoisotopic (exact) mass is 458 g/mol. The summed E-state index contributed by atoms with van der Waals surface area (Å²) >= 11 is 0. The molecule has 0 bridgehead atoms. The lowest BCUT2D eigenvalue weighted by molar-refractivity contribution is -0.233. The lowest BCUT2D eigenvalue weighted by Crippen LogP contribution is -2.64. The van der Waals surface area contributed by atoms with Crippen LogP contribution in [0, 0.1) is 5.41 Å². The molecule has 0 radical (unpaired) electrons. The molecular weight excluding hydrogens is 428 g/mol. The minimum absolute atomic E-state index is 0.145. The number of piperidine rings is 1. The lowest BCUT2D eigenvalue weighted by atomic mass is 9.77. The number of aliphatic hydroxyl groups is 5. The molecule has 32 heavy (non-hydrogen) atoms. The number of nitrogens with zero attached hydrogens (tertiary/aromatic N) is 2. The maximum absolute atomic E-state index is 12.6. The van der Waals surface area contributed by atoms with Crippen LogP contribution in [-0.2, 0) is 23.9 Å². The first-order valence-corrected chi connectivity index (χ1v) is 10.7. The van der Waals surface area contributed by atoms with Gasteiger partial charge in [-0.25, -0.2) is 0 Å². The van der Waals surface area contributed by atoms with Gasteiger partial charge in [-0.1, -0.05) is 0 Å². The van der Waals surface area contributed by atoms with Crippen molar-refractivity contribution in [3.8, 4) is 0 Å². The quantitative estimate of drug-likeness (QED) is 0.209. The molecule has 5 N–H and O–H groups in total. The molecule has 6 atom stereocenters. The maximum atomic E-state index is 12.6. The Hall–Kier alpha value is -2.12. The first-order valence-electron chi connectivity index (χ1n) is 10.7. The van der Waals surface area contributed by atoms with E-state index in [-0.39, 0.29) is 50.1 Å². The van der Waals surface area contributed by atoms with Crippen LogP contribution in [0.2, 0.25) is 0 Å². The predicted molar refractivity (Wildman–Crippen MR) is 104 cm³/mol. The van der Waals surface area contributed by atoms with E-state index < -0.39 is 48.0 Å². The van der Waals surface area contributed by atoms with Crippen molar-refractivity contribution in [3.05, 3.63) is 0 Å². The van der Waals surface area contributed by atoms with Gasteiger partial charge >= 0.3 is 5.97 Å². The van der Waals surface area contributed by atoms with Crippen molar-refractivity contribution >= 4 is 23.7 Å². The van der Waals surface area contributed by atoms with Gasteiger partial charge in [-0.2, -0.15) is 0 Å². The van der Waals surface area contributed by atoms with Gasteiger partial charge in [-0.15, -0.1) is 0 Å². The summed E-state index contributed by atoms with van der Waals surface area (Å²) in [5.74, 6) is -1.67. The number of carbonyl (C=O) groups excluding carboxylic acids is 4. The van der Waals surface area contributed by atoms with E-state index in [2.05, 4.69) is 0 Å². The SMILES string of the molecule is CCN1C(=O)CC2(CCN(C(=O)CCC(=O)OC3C(O)[C@H](O)C(O)C(O)[C@@H]3O)CC2)C1=O. The highest BCUT2D eigenvalue weighted by molar-refractivity contribution is 6.06. The Kier molecular flexibility index (Phi) is 7.20. The molecule has 1 saturated carbocycles. The van der Waals surface area contributed by atoms with Gasteiger partial charge in [0.25, 0.3) is 0 Å². The molecule has 2 heterocycles. The molecule has 0 aromatic heterocycles. The van der Waals surface area contributed by atoms with Gasteiger partial charge in [0, 0.05) is 32.5 Å². The van der Waals surface area contributed by atoms with Crippen molar-refractivity contribution in [2.75, 3.05) is 19.6 Å². The van der Waals surface area contributed by atoms with E-state index in [0.29, 0.717) is 19.4 Å². The van der Waals surface area contributed by atoms with Gasteiger partial charge in [-0.05, 0) is 19.8 Å². The Morgan fingerprint density at radius 3 is 1.97 bits per heavy atom. The second kappa shape index (κ2) is 9.40. The third kappa shape index (κ3) is 4.37. The molecule has 2 saturated heterocycles. The van der Waals surface area contributed by atoms with Crippen LogP contribution in [-0.4, -0.2) is 115 Å². The number of esters is 1. The summed E-state index contributed by atoms with van der Waals surface area (Å²) in [6, 6.07) is 0. The zero-order valence-corrected chi connectivity index (χ0v) is 17.8. The van der Waals surface area contributed by atoms with Crippen molar-refractivity contribution in [3.63, 3.8) is 0 Å². The van der Waals surface area contributed by atoms with E-state index in [4.69, 9.17) is 4.74 Å². The number of amides is 3. The highest BCUT2D eigenvalue weighted by atomic mass is 16.6. The minimum Gasteiger partial charge on any atom is -0.457 e. The number of ether oxygens (including phenoxy) is 1. The Balaban J connectivity index is 1.48. The molecule has 0 aromatic carbocycles. The first kappa shape index (κ1) is 24.5. The van der Waals surface area contributed by atoms with Crippen LogP contribution in [0.5, 0.6) is 0 Å². The Morgan fingerprint density at radius 2 is 1.47 bits per heavy atom. The number of rotatable bonds is 5. The normalized spacial score (nSPS) is 34.8. The van der Waals surface area contributed by atoms with E-state index >= 15 is 0 Å². The number of hydrogen-bond donors (Lipinski definition) is 5. The van der Waals surface area contributed by atoms with Crippen LogP contribution in [0.1, 0.15) is 39.0 Å². The molecule has 3 aliphatic rings. The molecule has 1 spiro atoms. The number of imide groups is 1. The fourth-order valence-electron chi connectivity index (χ4n) is 4.67. The lowest BCUT2D eigenvalue weighted by Gasteiger charge is -2.41. The van der Waals surface area contributed by atoms with Gasteiger partial charge in [0.05, 0.1) is 11.8 Å². The zero-order valence-electron chi connectivity index (χ0n) is 17.8. The highest BCUT2D eigenvalue weighted by Gasteiger charge is 2.52. The van der Waals surface area contributed by atoms with Gasteiger partial charge < -0.3 is 35.2 Å². The maximum Gasteiger partial charge on any atom is 0.306 e. The summed E-state index contributed by atoms with van der Waals surface area (Å²) in [4.78, 5) is 52.0. The number of likely N-dealkylation sites (tertiary alicyclic amines) is 2. The Labute approximate surface area is 184 Å². The third-order valence-corrected chi connectivity index (χ3v) is 6.76. The molecule has 1 aliphatic carbocycles. The van der Waals surface area contributed by atoms with Crippen LogP contribution in [0.25, 0.3) is 0 Å². The summed E-state index contributed by atoms with van der Waals surface area (Å²) in [7, 11) is 0. The smallest absolute Gasteiger partial charge is 0.306 e. The fourth-order valence-corrected chi connectivity index (χ4v) is 4.67. The van der Waals surface area contributed by atoms with Crippen LogP contribution in [0.15, 0.2) is 0 Å². The van der Waals surface area contributed by atoms with Crippen molar-refractivity contribution in [1.82, 2.24) is 9.80 Å². The van der Waals surface area contributed by atoms with Crippen molar-refractivity contribution < 1.29 is 49.4 Å². The summed E-state index contributed by atoms with van der Waals surface area (Å²) < 4.78 is 4.94. The van der Waals surface area contributed by atoms with Gasteiger partial charge in [-0.3, -0.25) is 24.1 Å². The molecule has 12 heteroatoms. The van der Waals surface area contributed by atoms with Crippen molar-refractivity contribution in [2.45, 2.75) is 75.7 Å². The average Bonchev–Trinajstić information content (AvgIpc) is 3.01. The number of carbonyl (C=O) groups is 4. The second-order valence-corrected chi connectivity index (χ2v) is 8.69. The number of hydrogen-bond acceptors (Lipinski definition) is 10. The standard InChI is InChI=1S/C20H30N2O10/c1-2-22-11(24)9-20(19(22)31)5-7-21(8-6-20)10(23)3-4-12(25)32-18-16(29)14(27)13(26)15(28)17(18)30/h13-18,26-30H,2-9H2,1H3/t13?,14-,15?,16?,17+,18?/m1/s1. The average molecular weight is 458 g/mol. The van der Waals surface area contributed by atoms with E-state index in [1.807, 2.05) is 0 Å². The van der Waals surface area contributed by atoms with Crippen LogP contribution in [0.4, 0.5) is 0 Å². The molecule has 180 valence electrons. The highest BCUT2D eigenvalue weighted by Crippen LogP contribution is 2.42. The summed E-state index contributed by atoms with van der Waals surface area (Å²) in [5, 5.41) is 48.8. The van der Waals surface area contributed by atoms with Gasteiger partial charge in [0.15, 0.2) is 6.10 Å². The molecule has 3 rings (SSSR count). The Morgan fingerprint density at radius 1 is 0.938 bits per heavy atom. The van der Waals surface area contributed by atoms with Crippen LogP contribution < -0.4 is 0 Å². The third-order valence-electron chi connectivity index (χ3n) is 6.76. The molecule has 3 fully saturated rings. The topological polar surface area (TPSA) is 185 Å². The first-order chi connectivity index (χ1) is 15.0. The van der Waals surface area contributed by atoms with E-state index in [1.54, 1.807) is 6.92 Å². The Bertz CT molecular complexity index is 749. The molecule has 4 unspecified atom stereocenters. The summed E-state index contributed by atoms with van der Waals surface area (Å²) in [6.07, 6.45) is -10.4.